The molecule has 1 aliphatic carbocycles. The van der Waals surface area contributed by atoms with Gasteiger partial charge < -0.3 is 9.84 Å². The van der Waals surface area contributed by atoms with Crippen LogP contribution in [0.4, 0.5) is 10.7 Å². The number of rotatable bonds is 7. The lowest BCUT2D eigenvalue weighted by molar-refractivity contribution is -0.140. The molecule has 0 aliphatic heterocycles. The molecule has 3 aromatic carbocycles. The minimum Gasteiger partial charge on any atom is -0.481 e. The molecule has 1 unspecified atom stereocenters. The SMILES string of the molecule is Cc1ccccc1C(C)OC(=O)Nc1nncn1-c1ccc(-c2ccc(C3(C(=O)O)CC3)cc2)cc1. The van der Waals surface area contributed by atoms with Crippen molar-refractivity contribution in [2.45, 2.75) is 38.2 Å². The van der Waals surface area contributed by atoms with Gasteiger partial charge in [-0.1, -0.05) is 60.7 Å². The molecule has 4 aromatic rings. The van der Waals surface area contributed by atoms with Crippen LogP contribution in [-0.4, -0.2) is 31.9 Å². The highest BCUT2D eigenvalue weighted by atomic mass is 16.6. The zero-order valence-corrected chi connectivity index (χ0v) is 20.0. The molecule has 1 heterocycles. The lowest BCUT2D eigenvalue weighted by Crippen LogP contribution is -2.19. The molecule has 182 valence electrons. The monoisotopic (exact) mass is 482 g/mol. The van der Waals surface area contributed by atoms with Crippen LogP contribution >= 0.6 is 0 Å². The average molecular weight is 483 g/mol. The van der Waals surface area contributed by atoms with Crippen LogP contribution in [0.1, 0.15) is 42.6 Å². The third kappa shape index (κ3) is 4.45. The molecule has 1 aliphatic rings. The highest BCUT2D eigenvalue weighted by molar-refractivity contribution is 5.85. The number of aliphatic carboxylic acids is 1. The first-order valence-electron chi connectivity index (χ1n) is 11.8. The van der Waals surface area contributed by atoms with Crippen molar-refractivity contribution in [1.29, 1.82) is 0 Å². The normalized spacial score (nSPS) is 14.6. The summed E-state index contributed by atoms with van der Waals surface area (Å²) < 4.78 is 7.21. The molecule has 0 bridgehead atoms. The number of benzene rings is 3. The Morgan fingerprint density at radius 1 is 1.00 bits per heavy atom. The van der Waals surface area contributed by atoms with Gasteiger partial charge in [-0.3, -0.25) is 14.7 Å². The first kappa shape index (κ1) is 23.3. The molecular formula is C28H26N4O4. The van der Waals surface area contributed by atoms with E-state index in [1.54, 1.807) is 4.57 Å². The van der Waals surface area contributed by atoms with E-state index in [1.165, 1.54) is 6.33 Å². The number of nitrogens with one attached hydrogen (secondary N) is 1. The maximum absolute atomic E-state index is 12.5. The van der Waals surface area contributed by atoms with E-state index in [1.807, 2.05) is 86.6 Å². The van der Waals surface area contributed by atoms with Crippen LogP contribution in [0.5, 0.6) is 0 Å². The van der Waals surface area contributed by atoms with Crippen molar-refractivity contribution >= 4 is 18.0 Å². The minimum atomic E-state index is -0.758. The van der Waals surface area contributed by atoms with E-state index in [9.17, 15) is 14.7 Å². The van der Waals surface area contributed by atoms with E-state index in [0.29, 0.717) is 12.8 Å². The van der Waals surface area contributed by atoms with Crippen LogP contribution in [-0.2, 0) is 14.9 Å². The molecule has 5 rings (SSSR count). The predicted octanol–water partition coefficient (Wildman–Crippen LogP) is 5.67. The third-order valence-electron chi connectivity index (χ3n) is 6.75. The number of carboxylic acid groups (broad SMARTS) is 1. The summed E-state index contributed by atoms with van der Waals surface area (Å²) in [4.78, 5) is 24.1. The number of amides is 1. The molecule has 0 spiro atoms. The maximum Gasteiger partial charge on any atom is 0.414 e. The van der Waals surface area contributed by atoms with Crippen LogP contribution in [0.25, 0.3) is 16.8 Å². The number of carboxylic acids is 1. The van der Waals surface area contributed by atoms with Gasteiger partial charge >= 0.3 is 12.1 Å². The molecule has 1 atom stereocenters. The van der Waals surface area contributed by atoms with Gasteiger partial charge in [-0.15, -0.1) is 10.2 Å². The second kappa shape index (κ2) is 9.30. The fraction of sp³-hybridized carbons (Fsp3) is 0.214. The van der Waals surface area contributed by atoms with Gasteiger partial charge in [0.15, 0.2) is 0 Å². The number of carbonyl (C=O) groups excluding carboxylic acids is 1. The standard InChI is InChI=1S/C28H26N4O4/c1-18-5-3-4-6-24(18)19(2)36-27(35)30-26-31-29-17-32(26)23-13-9-21(10-14-23)20-7-11-22(12-8-20)28(15-16-28)25(33)34/h3-14,17,19H,15-16H2,1-2H3,(H,33,34)(H,30,31,35). The largest absolute Gasteiger partial charge is 0.481 e. The number of anilines is 1. The Labute approximate surface area is 208 Å². The Hall–Kier alpha value is -4.46. The van der Waals surface area contributed by atoms with Crippen LogP contribution in [0.3, 0.4) is 0 Å². The fourth-order valence-corrected chi connectivity index (χ4v) is 4.44. The lowest BCUT2D eigenvalue weighted by Gasteiger charge is -2.16. The average Bonchev–Trinajstić information content (AvgIpc) is 3.58. The summed E-state index contributed by atoms with van der Waals surface area (Å²) in [6.45, 7) is 3.80. The maximum atomic E-state index is 12.5. The Kier molecular flexibility index (Phi) is 6.01. The summed E-state index contributed by atoms with van der Waals surface area (Å²) in [5.41, 5.74) is 4.86. The van der Waals surface area contributed by atoms with Crippen molar-refractivity contribution in [3.05, 3.63) is 95.8 Å². The summed E-state index contributed by atoms with van der Waals surface area (Å²) >= 11 is 0. The van der Waals surface area contributed by atoms with Crippen molar-refractivity contribution in [2.24, 2.45) is 0 Å². The molecule has 8 nitrogen and oxygen atoms in total. The molecule has 1 fully saturated rings. The summed E-state index contributed by atoms with van der Waals surface area (Å²) in [7, 11) is 0. The summed E-state index contributed by atoms with van der Waals surface area (Å²) in [6.07, 6.45) is 1.85. The van der Waals surface area contributed by atoms with Gasteiger partial charge in [0, 0.05) is 0 Å². The second-order valence-corrected chi connectivity index (χ2v) is 9.07. The van der Waals surface area contributed by atoms with Gasteiger partial charge in [-0.25, -0.2) is 4.79 Å². The summed E-state index contributed by atoms with van der Waals surface area (Å²) in [6, 6.07) is 23.2. The zero-order valence-electron chi connectivity index (χ0n) is 20.0. The Morgan fingerprint density at radius 2 is 1.64 bits per heavy atom. The van der Waals surface area contributed by atoms with Gasteiger partial charge in [0.25, 0.3) is 0 Å². The number of ether oxygens (including phenoxy) is 1. The van der Waals surface area contributed by atoms with Gasteiger partial charge in [-0.2, -0.15) is 0 Å². The number of hydrogen-bond acceptors (Lipinski definition) is 5. The lowest BCUT2D eigenvalue weighted by atomic mass is 9.94. The highest BCUT2D eigenvalue weighted by Crippen LogP contribution is 2.48. The van der Waals surface area contributed by atoms with Crippen LogP contribution in [0.15, 0.2) is 79.1 Å². The van der Waals surface area contributed by atoms with Crippen molar-refractivity contribution in [3.8, 4) is 16.8 Å². The van der Waals surface area contributed by atoms with E-state index in [-0.39, 0.29) is 5.95 Å². The first-order valence-corrected chi connectivity index (χ1v) is 11.8. The second-order valence-electron chi connectivity index (χ2n) is 9.07. The topological polar surface area (TPSA) is 106 Å². The number of aryl methyl sites for hydroxylation is 1. The molecule has 0 saturated heterocycles. The number of carbonyl (C=O) groups is 2. The van der Waals surface area contributed by atoms with E-state index in [0.717, 1.165) is 33.5 Å². The highest BCUT2D eigenvalue weighted by Gasteiger charge is 2.51. The molecule has 1 amide bonds. The fourth-order valence-electron chi connectivity index (χ4n) is 4.44. The van der Waals surface area contributed by atoms with Crippen molar-refractivity contribution in [3.63, 3.8) is 0 Å². The predicted molar refractivity (Wildman–Crippen MR) is 135 cm³/mol. The molecule has 1 saturated carbocycles. The van der Waals surface area contributed by atoms with E-state index in [4.69, 9.17) is 4.74 Å². The van der Waals surface area contributed by atoms with Crippen molar-refractivity contribution < 1.29 is 19.4 Å². The van der Waals surface area contributed by atoms with Crippen LogP contribution in [0, 0.1) is 6.92 Å². The molecular weight excluding hydrogens is 456 g/mol. The first-order chi connectivity index (χ1) is 17.4. The Bertz CT molecular complexity index is 1410. The minimum absolute atomic E-state index is 0.248. The molecule has 36 heavy (non-hydrogen) atoms. The molecule has 8 heteroatoms. The van der Waals surface area contributed by atoms with Gasteiger partial charge in [0.05, 0.1) is 11.1 Å². The van der Waals surface area contributed by atoms with E-state index < -0.39 is 23.6 Å². The number of nitrogens with zero attached hydrogens (tertiary/aromatic N) is 3. The van der Waals surface area contributed by atoms with Gasteiger partial charge in [-0.05, 0) is 66.6 Å². The van der Waals surface area contributed by atoms with Crippen molar-refractivity contribution in [2.75, 3.05) is 5.32 Å². The smallest absolute Gasteiger partial charge is 0.414 e. The van der Waals surface area contributed by atoms with Gasteiger partial charge in [0.1, 0.15) is 12.4 Å². The Balaban J connectivity index is 1.27. The zero-order chi connectivity index (χ0) is 25.3. The number of aromatic nitrogens is 3. The molecule has 0 radical (unpaired) electrons. The summed E-state index contributed by atoms with van der Waals surface area (Å²) in [5, 5.41) is 20.1. The number of hydrogen-bond donors (Lipinski definition) is 2. The van der Waals surface area contributed by atoms with Gasteiger partial charge in [0.2, 0.25) is 5.95 Å². The van der Waals surface area contributed by atoms with Crippen LogP contribution < -0.4 is 5.32 Å². The third-order valence-corrected chi connectivity index (χ3v) is 6.75. The van der Waals surface area contributed by atoms with Crippen LogP contribution in [0.2, 0.25) is 0 Å². The summed E-state index contributed by atoms with van der Waals surface area (Å²) in [5.74, 6) is -0.510. The quantitative estimate of drug-likeness (QED) is 0.352. The molecule has 2 N–H and O–H groups in total. The molecule has 1 aromatic heterocycles. The van der Waals surface area contributed by atoms with E-state index in [2.05, 4.69) is 15.5 Å². The van der Waals surface area contributed by atoms with Crippen molar-refractivity contribution in [1.82, 2.24) is 14.8 Å². The Morgan fingerprint density at radius 3 is 2.25 bits per heavy atom. The van der Waals surface area contributed by atoms with E-state index >= 15 is 0 Å².